The quantitative estimate of drug-likeness (QED) is 0.691. The zero-order valence-electron chi connectivity index (χ0n) is 9.73. The Bertz CT molecular complexity index is 670. The largest absolute Gasteiger partial charge is 0.338 e. The highest BCUT2D eigenvalue weighted by Crippen LogP contribution is 2.22. The van der Waals surface area contributed by atoms with Crippen LogP contribution >= 0.6 is 0 Å². The van der Waals surface area contributed by atoms with Gasteiger partial charge >= 0.3 is 0 Å². The first-order valence-corrected chi connectivity index (χ1v) is 5.46. The Morgan fingerprint density at radius 2 is 1.82 bits per heavy atom. The highest BCUT2D eigenvalue weighted by Gasteiger charge is 2.07. The highest BCUT2D eigenvalue weighted by atomic mass is 14.9. The Morgan fingerprint density at radius 3 is 2.59 bits per heavy atom. The maximum atomic E-state index is 4.59. The van der Waals surface area contributed by atoms with Crippen LogP contribution in [0.3, 0.4) is 0 Å². The number of aromatic amines is 1. The minimum absolute atomic E-state index is 0.814. The van der Waals surface area contributed by atoms with Crippen molar-refractivity contribution in [2.75, 3.05) is 0 Å². The molecule has 17 heavy (non-hydrogen) atoms. The van der Waals surface area contributed by atoms with Crippen molar-refractivity contribution in [1.29, 1.82) is 0 Å². The molecule has 0 spiro atoms. The first kappa shape index (κ1) is 9.96. The maximum absolute atomic E-state index is 4.59. The first-order valence-electron chi connectivity index (χ1n) is 5.46. The minimum atomic E-state index is 0.814. The van der Waals surface area contributed by atoms with E-state index in [-0.39, 0.29) is 0 Å². The van der Waals surface area contributed by atoms with E-state index in [1.54, 1.807) is 12.4 Å². The van der Waals surface area contributed by atoms with Crippen LogP contribution in [-0.4, -0.2) is 19.9 Å². The summed E-state index contributed by atoms with van der Waals surface area (Å²) in [5.74, 6) is 0.814. The number of hydrogen-bond acceptors (Lipinski definition) is 3. The molecule has 0 fully saturated rings. The summed E-state index contributed by atoms with van der Waals surface area (Å²) in [6.07, 6.45) is 5.03. The van der Waals surface area contributed by atoms with Gasteiger partial charge in [0, 0.05) is 12.4 Å². The molecule has 0 bridgehead atoms. The Morgan fingerprint density at radius 1 is 1.06 bits per heavy atom. The molecule has 84 valence electrons. The molecule has 4 nitrogen and oxygen atoms in total. The molecule has 2 aromatic heterocycles. The van der Waals surface area contributed by atoms with E-state index in [1.165, 1.54) is 17.5 Å². The normalized spacial score (nSPS) is 10.9. The van der Waals surface area contributed by atoms with Crippen LogP contribution in [0.25, 0.3) is 22.4 Å². The van der Waals surface area contributed by atoms with Crippen LogP contribution in [0.5, 0.6) is 0 Å². The Kier molecular flexibility index (Phi) is 2.14. The van der Waals surface area contributed by atoms with Crippen molar-refractivity contribution in [2.24, 2.45) is 0 Å². The Labute approximate surface area is 98.8 Å². The van der Waals surface area contributed by atoms with Gasteiger partial charge in [-0.1, -0.05) is 6.07 Å². The summed E-state index contributed by atoms with van der Waals surface area (Å²) in [4.78, 5) is 15.9. The van der Waals surface area contributed by atoms with Crippen molar-refractivity contribution in [2.45, 2.75) is 13.8 Å². The van der Waals surface area contributed by atoms with E-state index in [1.807, 2.05) is 0 Å². The van der Waals surface area contributed by atoms with Crippen LogP contribution in [0.15, 0.2) is 30.9 Å². The standard InChI is InChI=1S/C13H12N4/c1-8-3-9(2)12-11(4-8)16-13(17-12)10-5-14-7-15-6-10/h3-7H,1-2H3,(H,16,17). The number of hydrogen-bond donors (Lipinski definition) is 1. The number of fused-ring (bicyclic) bond motifs is 1. The fourth-order valence-electron chi connectivity index (χ4n) is 2.03. The summed E-state index contributed by atoms with van der Waals surface area (Å²) < 4.78 is 0. The summed E-state index contributed by atoms with van der Waals surface area (Å²) in [5.41, 5.74) is 5.38. The smallest absolute Gasteiger partial charge is 0.141 e. The lowest BCUT2D eigenvalue weighted by Gasteiger charge is -1.96. The summed E-state index contributed by atoms with van der Waals surface area (Å²) in [5, 5.41) is 0. The van der Waals surface area contributed by atoms with Crippen LogP contribution in [0.2, 0.25) is 0 Å². The fraction of sp³-hybridized carbons (Fsp3) is 0.154. The molecule has 0 aliphatic carbocycles. The maximum Gasteiger partial charge on any atom is 0.141 e. The van der Waals surface area contributed by atoms with Gasteiger partial charge in [0.2, 0.25) is 0 Å². The average molecular weight is 224 g/mol. The van der Waals surface area contributed by atoms with Crippen LogP contribution in [0, 0.1) is 13.8 Å². The Balaban J connectivity index is 2.24. The minimum Gasteiger partial charge on any atom is -0.338 e. The van der Waals surface area contributed by atoms with Gasteiger partial charge in [-0.3, -0.25) is 0 Å². The lowest BCUT2D eigenvalue weighted by atomic mass is 10.1. The summed E-state index contributed by atoms with van der Waals surface area (Å²) in [6, 6.07) is 4.23. The molecule has 0 aliphatic rings. The van der Waals surface area contributed by atoms with Crippen molar-refractivity contribution in [3.8, 4) is 11.4 Å². The monoisotopic (exact) mass is 224 g/mol. The number of imidazole rings is 1. The summed E-state index contributed by atoms with van der Waals surface area (Å²) in [6.45, 7) is 4.15. The van der Waals surface area contributed by atoms with E-state index >= 15 is 0 Å². The SMILES string of the molecule is Cc1cc(C)c2nc(-c3cncnc3)[nH]c2c1. The van der Waals surface area contributed by atoms with Crippen molar-refractivity contribution >= 4 is 11.0 Å². The molecule has 2 heterocycles. The number of rotatable bonds is 1. The van der Waals surface area contributed by atoms with Gasteiger partial charge in [0.15, 0.2) is 0 Å². The highest BCUT2D eigenvalue weighted by molar-refractivity contribution is 5.82. The molecule has 4 heteroatoms. The molecular weight excluding hydrogens is 212 g/mol. The number of aromatic nitrogens is 4. The molecule has 0 amide bonds. The van der Waals surface area contributed by atoms with E-state index in [4.69, 9.17) is 0 Å². The molecule has 0 aliphatic heterocycles. The number of benzene rings is 1. The second kappa shape index (κ2) is 3.66. The predicted octanol–water partition coefficient (Wildman–Crippen LogP) is 2.64. The van der Waals surface area contributed by atoms with Gasteiger partial charge in [-0.25, -0.2) is 15.0 Å². The van der Waals surface area contributed by atoms with Crippen LogP contribution in [0.1, 0.15) is 11.1 Å². The number of nitrogens with zero attached hydrogens (tertiary/aromatic N) is 3. The van der Waals surface area contributed by atoms with Crippen LogP contribution in [-0.2, 0) is 0 Å². The second-order valence-corrected chi connectivity index (χ2v) is 4.19. The van der Waals surface area contributed by atoms with Crippen LogP contribution < -0.4 is 0 Å². The van der Waals surface area contributed by atoms with Gasteiger partial charge in [-0.2, -0.15) is 0 Å². The van der Waals surface area contributed by atoms with E-state index in [0.717, 1.165) is 22.4 Å². The molecule has 0 unspecified atom stereocenters. The topological polar surface area (TPSA) is 54.5 Å². The molecule has 3 rings (SSSR count). The van der Waals surface area contributed by atoms with Crippen molar-refractivity contribution in [3.05, 3.63) is 42.0 Å². The molecule has 0 saturated carbocycles. The lowest BCUT2D eigenvalue weighted by molar-refractivity contribution is 1.15. The molecule has 3 aromatic rings. The molecule has 0 radical (unpaired) electrons. The fourth-order valence-corrected chi connectivity index (χ4v) is 2.03. The van der Waals surface area contributed by atoms with Crippen LogP contribution in [0.4, 0.5) is 0 Å². The van der Waals surface area contributed by atoms with E-state index in [9.17, 15) is 0 Å². The third-order valence-corrected chi connectivity index (χ3v) is 2.76. The summed E-state index contributed by atoms with van der Waals surface area (Å²) in [7, 11) is 0. The molecule has 1 aromatic carbocycles. The number of aryl methyl sites for hydroxylation is 2. The third-order valence-electron chi connectivity index (χ3n) is 2.76. The number of nitrogens with one attached hydrogen (secondary N) is 1. The molecular formula is C13H12N4. The average Bonchev–Trinajstić information content (AvgIpc) is 2.74. The van der Waals surface area contributed by atoms with E-state index in [0.29, 0.717) is 0 Å². The van der Waals surface area contributed by atoms with Crippen molar-refractivity contribution in [3.63, 3.8) is 0 Å². The zero-order chi connectivity index (χ0) is 11.8. The van der Waals surface area contributed by atoms with Gasteiger partial charge in [-0.15, -0.1) is 0 Å². The van der Waals surface area contributed by atoms with E-state index < -0.39 is 0 Å². The van der Waals surface area contributed by atoms with Crippen molar-refractivity contribution in [1.82, 2.24) is 19.9 Å². The summed E-state index contributed by atoms with van der Waals surface area (Å²) >= 11 is 0. The third kappa shape index (κ3) is 1.67. The first-order chi connectivity index (χ1) is 8.24. The van der Waals surface area contributed by atoms with Gasteiger partial charge in [0.1, 0.15) is 12.2 Å². The number of H-pyrrole nitrogens is 1. The van der Waals surface area contributed by atoms with Crippen molar-refractivity contribution < 1.29 is 0 Å². The van der Waals surface area contributed by atoms with Gasteiger partial charge in [0.25, 0.3) is 0 Å². The Hall–Kier alpha value is -2.23. The van der Waals surface area contributed by atoms with E-state index in [2.05, 4.69) is 45.9 Å². The molecule has 0 atom stereocenters. The molecule has 0 saturated heterocycles. The van der Waals surface area contributed by atoms with Gasteiger partial charge in [-0.05, 0) is 31.0 Å². The van der Waals surface area contributed by atoms with Gasteiger partial charge in [0.05, 0.1) is 16.6 Å². The van der Waals surface area contributed by atoms with Gasteiger partial charge < -0.3 is 4.98 Å². The zero-order valence-corrected chi connectivity index (χ0v) is 9.73. The lowest BCUT2D eigenvalue weighted by Crippen LogP contribution is -1.83. The predicted molar refractivity (Wildman–Crippen MR) is 66.6 cm³/mol. The molecule has 1 N–H and O–H groups in total. The second-order valence-electron chi connectivity index (χ2n) is 4.19.